The summed E-state index contributed by atoms with van der Waals surface area (Å²) in [7, 11) is 0. The van der Waals surface area contributed by atoms with Crippen molar-refractivity contribution in [3.05, 3.63) is 35.7 Å². The van der Waals surface area contributed by atoms with Gasteiger partial charge in [-0.15, -0.1) is 0 Å². The van der Waals surface area contributed by atoms with Crippen LogP contribution in [0.25, 0.3) is 11.5 Å². The standard InChI is InChI=1S/C13H14F3N3O/c14-13(15,16)7-5-11-18-12(20-19-11)10-3-1-9(2-4-10)6-8-17/h1-4H,5-8,17H2. The minimum absolute atomic E-state index is 0.0587. The van der Waals surface area contributed by atoms with Crippen molar-refractivity contribution in [3.8, 4) is 11.5 Å². The molecule has 0 radical (unpaired) electrons. The van der Waals surface area contributed by atoms with Gasteiger partial charge in [0.2, 0.25) is 0 Å². The summed E-state index contributed by atoms with van der Waals surface area (Å²) in [5.74, 6) is 0.282. The minimum atomic E-state index is -4.22. The first kappa shape index (κ1) is 14.5. The maximum atomic E-state index is 12.1. The molecule has 0 atom stereocenters. The topological polar surface area (TPSA) is 64.9 Å². The Labute approximate surface area is 113 Å². The molecular formula is C13H14F3N3O. The lowest BCUT2D eigenvalue weighted by molar-refractivity contribution is -0.134. The summed E-state index contributed by atoms with van der Waals surface area (Å²) >= 11 is 0. The van der Waals surface area contributed by atoms with Crippen LogP contribution in [0.5, 0.6) is 0 Å². The average molecular weight is 285 g/mol. The molecule has 0 saturated heterocycles. The second kappa shape index (κ2) is 6.04. The third kappa shape index (κ3) is 4.06. The second-order valence-electron chi connectivity index (χ2n) is 4.37. The SMILES string of the molecule is NCCc1ccc(-c2nc(CCC(F)(F)F)no2)cc1. The third-order valence-electron chi connectivity index (χ3n) is 2.73. The molecular weight excluding hydrogens is 271 g/mol. The third-order valence-corrected chi connectivity index (χ3v) is 2.73. The molecule has 0 amide bonds. The van der Waals surface area contributed by atoms with E-state index in [1.807, 2.05) is 12.1 Å². The zero-order valence-corrected chi connectivity index (χ0v) is 10.7. The van der Waals surface area contributed by atoms with Crippen LogP contribution in [0, 0.1) is 0 Å². The molecule has 0 fully saturated rings. The Kier molecular flexibility index (Phi) is 4.39. The lowest BCUT2D eigenvalue weighted by Gasteiger charge is -2.01. The minimum Gasteiger partial charge on any atom is -0.334 e. The highest BCUT2D eigenvalue weighted by atomic mass is 19.4. The average Bonchev–Trinajstić information content (AvgIpc) is 2.86. The highest BCUT2D eigenvalue weighted by Gasteiger charge is 2.27. The number of nitrogens with zero attached hydrogens (tertiary/aromatic N) is 2. The van der Waals surface area contributed by atoms with Crippen LogP contribution >= 0.6 is 0 Å². The molecule has 20 heavy (non-hydrogen) atoms. The predicted molar refractivity (Wildman–Crippen MR) is 66.9 cm³/mol. The van der Waals surface area contributed by atoms with E-state index in [2.05, 4.69) is 10.1 Å². The molecule has 2 N–H and O–H groups in total. The summed E-state index contributed by atoms with van der Waals surface area (Å²) in [4.78, 5) is 3.96. The summed E-state index contributed by atoms with van der Waals surface area (Å²) in [5, 5.41) is 3.55. The summed E-state index contributed by atoms with van der Waals surface area (Å²) < 4.78 is 41.2. The first-order chi connectivity index (χ1) is 9.48. The molecule has 108 valence electrons. The fraction of sp³-hybridized carbons (Fsp3) is 0.385. The molecule has 7 heteroatoms. The van der Waals surface area contributed by atoms with Gasteiger partial charge in [0.25, 0.3) is 5.89 Å². The summed E-state index contributed by atoms with van der Waals surface area (Å²) in [6.45, 7) is 0.557. The number of aromatic nitrogens is 2. The number of hydrogen-bond acceptors (Lipinski definition) is 4. The first-order valence-electron chi connectivity index (χ1n) is 6.16. The number of aryl methyl sites for hydroxylation is 1. The maximum Gasteiger partial charge on any atom is 0.389 e. The van der Waals surface area contributed by atoms with Crippen molar-refractivity contribution in [2.45, 2.75) is 25.4 Å². The van der Waals surface area contributed by atoms with Gasteiger partial charge in [-0.25, -0.2) is 0 Å². The molecule has 0 aliphatic heterocycles. The van der Waals surface area contributed by atoms with Gasteiger partial charge in [0.05, 0.1) is 6.42 Å². The van der Waals surface area contributed by atoms with Gasteiger partial charge in [-0.05, 0) is 30.7 Å². The van der Waals surface area contributed by atoms with Crippen LogP contribution in [0.2, 0.25) is 0 Å². The molecule has 0 aliphatic carbocycles. The molecule has 0 spiro atoms. The summed E-state index contributed by atoms with van der Waals surface area (Å²) in [6.07, 6.45) is -4.69. The number of halogens is 3. The Balaban J connectivity index is 2.04. The Morgan fingerprint density at radius 2 is 1.80 bits per heavy atom. The van der Waals surface area contributed by atoms with Gasteiger partial charge in [-0.1, -0.05) is 17.3 Å². The molecule has 0 unspecified atom stereocenters. The molecule has 2 aromatic rings. The fourth-order valence-corrected chi connectivity index (χ4v) is 1.71. The van der Waals surface area contributed by atoms with Gasteiger partial charge < -0.3 is 10.3 Å². The van der Waals surface area contributed by atoms with E-state index in [0.29, 0.717) is 12.1 Å². The molecule has 0 bridgehead atoms. The maximum absolute atomic E-state index is 12.1. The van der Waals surface area contributed by atoms with Crippen molar-refractivity contribution in [3.63, 3.8) is 0 Å². The van der Waals surface area contributed by atoms with Crippen LogP contribution in [0.15, 0.2) is 28.8 Å². The van der Waals surface area contributed by atoms with Gasteiger partial charge in [0, 0.05) is 12.0 Å². The summed E-state index contributed by atoms with van der Waals surface area (Å²) in [5.41, 5.74) is 7.20. The van der Waals surface area contributed by atoms with Gasteiger partial charge in [-0.3, -0.25) is 0 Å². The van der Waals surface area contributed by atoms with E-state index in [0.717, 1.165) is 12.0 Å². The monoisotopic (exact) mass is 285 g/mol. The largest absolute Gasteiger partial charge is 0.389 e. The zero-order valence-electron chi connectivity index (χ0n) is 10.7. The molecule has 0 saturated carbocycles. The number of benzene rings is 1. The zero-order chi connectivity index (χ0) is 14.6. The van der Waals surface area contributed by atoms with E-state index in [4.69, 9.17) is 10.3 Å². The Morgan fingerprint density at radius 3 is 2.40 bits per heavy atom. The van der Waals surface area contributed by atoms with Crippen LogP contribution in [-0.4, -0.2) is 22.9 Å². The highest BCUT2D eigenvalue weighted by Crippen LogP contribution is 2.23. The lowest BCUT2D eigenvalue weighted by atomic mass is 10.1. The number of hydrogen-bond donors (Lipinski definition) is 1. The number of alkyl halides is 3. The van der Waals surface area contributed by atoms with Gasteiger partial charge >= 0.3 is 6.18 Å². The Bertz CT molecular complexity index is 549. The van der Waals surface area contributed by atoms with E-state index in [1.165, 1.54) is 0 Å². The smallest absolute Gasteiger partial charge is 0.334 e. The fourth-order valence-electron chi connectivity index (χ4n) is 1.71. The van der Waals surface area contributed by atoms with E-state index in [9.17, 15) is 13.2 Å². The van der Waals surface area contributed by atoms with E-state index in [-0.39, 0.29) is 18.1 Å². The van der Waals surface area contributed by atoms with E-state index < -0.39 is 12.6 Å². The summed E-state index contributed by atoms with van der Waals surface area (Å²) in [6, 6.07) is 7.32. The quantitative estimate of drug-likeness (QED) is 0.917. The Hall–Kier alpha value is -1.89. The predicted octanol–water partition coefficient (Wildman–Crippen LogP) is 2.73. The number of rotatable bonds is 5. The number of nitrogens with two attached hydrogens (primary N) is 1. The van der Waals surface area contributed by atoms with Crippen molar-refractivity contribution < 1.29 is 17.7 Å². The van der Waals surface area contributed by atoms with Gasteiger partial charge in [-0.2, -0.15) is 18.2 Å². The first-order valence-corrected chi connectivity index (χ1v) is 6.16. The molecule has 1 aromatic heterocycles. The van der Waals surface area contributed by atoms with Crippen molar-refractivity contribution in [2.75, 3.05) is 6.54 Å². The van der Waals surface area contributed by atoms with Crippen molar-refractivity contribution in [1.82, 2.24) is 10.1 Å². The normalized spacial score (nSPS) is 11.8. The van der Waals surface area contributed by atoms with Crippen LogP contribution < -0.4 is 5.73 Å². The van der Waals surface area contributed by atoms with Crippen LogP contribution in [0.3, 0.4) is 0 Å². The second-order valence-corrected chi connectivity index (χ2v) is 4.37. The van der Waals surface area contributed by atoms with E-state index >= 15 is 0 Å². The van der Waals surface area contributed by atoms with Crippen LogP contribution in [-0.2, 0) is 12.8 Å². The van der Waals surface area contributed by atoms with Gasteiger partial charge in [0.1, 0.15) is 0 Å². The molecule has 1 heterocycles. The molecule has 2 rings (SSSR count). The van der Waals surface area contributed by atoms with Crippen molar-refractivity contribution >= 4 is 0 Å². The molecule has 0 aliphatic rings. The molecule has 4 nitrogen and oxygen atoms in total. The van der Waals surface area contributed by atoms with E-state index in [1.54, 1.807) is 12.1 Å². The van der Waals surface area contributed by atoms with Crippen LogP contribution in [0.4, 0.5) is 13.2 Å². The van der Waals surface area contributed by atoms with Crippen LogP contribution in [0.1, 0.15) is 17.8 Å². The highest BCUT2D eigenvalue weighted by molar-refractivity contribution is 5.53. The van der Waals surface area contributed by atoms with Crippen molar-refractivity contribution in [1.29, 1.82) is 0 Å². The Morgan fingerprint density at radius 1 is 1.10 bits per heavy atom. The van der Waals surface area contributed by atoms with Crippen molar-refractivity contribution in [2.24, 2.45) is 5.73 Å². The lowest BCUT2D eigenvalue weighted by Crippen LogP contribution is -2.09. The molecule has 1 aromatic carbocycles. The van der Waals surface area contributed by atoms with Gasteiger partial charge in [0.15, 0.2) is 5.82 Å².